The van der Waals surface area contributed by atoms with Crippen LogP contribution in [0.25, 0.3) is 11.0 Å². The van der Waals surface area contributed by atoms with E-state index >= 15 is 0 Å². The van der Waals surface area contributed by atoms with Crippen molar-refractivity contribution in [1.82, 2.24) is 0 Å². The maximum absolute atomic E-state index is 13.1. The van der Waals surface area contributed by atoms with Gasteiger partial charge < -0.3 is 8.83 Å². The van der Waals surface area contributed by atoms with E-state index in [0.717, 1.165) is 0 Å². The number of ketones is 1. The number of halogens is 1. The summed E-state index contributed by atoms with van der Waals surface area (Å²) in [6.45, 7) is 3.50. The van der Waals surface area contributed by atoms with Gasteiger partial charge in [-0.2, -0.15) is 0 Å². The highest BCUT2D eigenvalue weighted by Crippen LogP contribution is 2.24. The van der Waals surface area contributed by atoms with Crippen LogP contribution in [0, 0.1) is 19.7 Å². The van der Waals surface area contributed by atoms with Crippen molar-refractivity contribution in [2.45, 2.75) is 13.8 Å². The van der Waals surface area contributed by atoms with Gasteiger partial charge in [-0.05, 0) is 44.2 Å². The third-order valence-electron chi connectivity index (χ3n) is 2.99. The Morgan fingerprint density at radius 3 is 2.58 bits per heavy atom. The van der Waals surface area contributed by atoms with Gasteiger partial charge in [0.15, 0.2) is 5.76 Å². The second kappa shape index (κ2) is 4.09. The maximum Gasteiger partial charge on any atom is 0.231 e. The van der Waals surface area contributed by atoms with E-state index in [1.165, 1.54) is 18.2 Å². The van der Waals surface area contributed by atoms with Crippen molar-refractivity contribution < 1.29 is 18.0 Å². The van der Waals surface area contributed by atoms with Crippen molar-refractivity contribution in [3.63, 3.8) is 0 Å². The number of rotatable bonds is 2. The summed E-state index contributed by atoms with van der Waals surface area (Å²) in [4.78, 5) is 12.3. The molecule has 0 amide bonds. The minimum atomic E-state index is -0.359. The number of carbonyl (C=O) groups is 1. The molecule has 3 nitrogen and oxygen atoms in total. The first-order valence-electron chi connectivity index (χ1n) is 5.85. The van der Waals surface area contributed by atoms with E-state index in [1.54, 1.807) is 26.0 Å². The number of fused-ring (bicyclic) bond motifs is 1. The normalized spacial score (nSPS) is 11.1. The second-order valence-electron chi connectivity index (χ2n) is 4.45. The molecular formula is C15H11FO3. The third-order valence-corrected chi connectivity index (χ3v) is 2.99. The van der Waals surface area contributed by atoms with Gasteiger partial charge in [0.25, 0.3) is 0 Å². The van der Waals surface area contributed by atoms with Crippen LogP contribution in [0.2, 0.25) is 0 Å². The number of hydrogen-bond donors (Lipinski definition) is 0. The van der Waals surface area contributed by atoms with Crippen LogP contribution < -0.4 is 0 Å². The molecule has 0 fully saturated rings. The first-order chi connectivity index (χ1) is 9.04. The molecule has 0 radical (unpaired) electrons. The zero-order valence-electron chi connectivity index (χ0n) is 10.5. The molecule has 0 bridgehead atoms. The molecule has 3 rings (SSSR count). The average molecular weight is 258 g/mol. The Balaban J connectivity index is 2.09. The predicted octanol–water partition coefficient (Wildman–Crippen LogP) is 4.01. The van der Waals surface area contributed by atoms with Gasteiger partial charge in [-0.1, -0.05) is 0 Å². The van der Waals surface area contributed by atoms with Gasteiger partial charge in [0, 0.05) is 5.39 Å². The fourth-order valence-electron chi connectivity index (χ4n) is 2.12. The van der Waals surface area contributed by atoms with Crippen LogP contribution in [0.5, 0.6) is 0 Å². The molecule has 0 atom stereocenters. The summed E-state index contributed by atoms with van der Waals surface area (Å²) in [5, 5.41) is 0.571. The summed E-state index contributed by atoms with van der Waals surface area (Å²) in [6.07, 6.45) is 0. The lowest BCUT2D eigenvalue weighted by atomic mass is 10.1. The lowest BCUT2D eigenvalue weighted by Crippen LogP contribution is -1.99. The van der Waals surface area contributed by atoms with E-state index in [9.17, 15) is 9.18 Å². The van der Waals surface area contributed by atoms with Crippen LogP contribution in [-0.2, 0) is 0 Å². The Bertz CT molecular complexity index is 780. The molecule has 0 saturated heterocycles. The summed E-state index contributed by atoms with van der Waals surface area (Å²) < 4.78 is 23.9. The molecule has 4 heteroatoms. The molecule has 0 unspecified atom stereocenters. The average Bonchev–Trinajstić information content (AvgIpc) is 2.91. The van der Waals surface area contributed by atoms with Crippen LogP contribution in [0.4, 0.5) is 4.39 Å². The molecule has 0 saturated carbocycles. The molecule has 1 aromatic carbocycles. The standard InChI is InChI=1S/C15H11FO3/c1-8-5-12(9(2)18-8)15(17)14-7-10-6-11(16)3-4-13(10)19-14/h3-7H,1-2H3. The highest BCUT2D eigenvalue weighted by Gasteiger charge is 2.19. The largest absolute Gasteiger partial charge is 0.466 e. The van der Waals surface area contributed by atoms with Crippen molar-refractivity contribution >= 4 is 16.8 Å². The van der Waals surface area contributed by atoms with Crippen LogP contribution in [0.15, 0.2) is 39.2 Å². The number of carbonyl (C=O) groups excluding carboxylic acids is 1. The van der Waals surface area contributed by atoms with Crippen LogP contribution >= 0.6 is 0 Å². The Hall–Kier alpha value is -2.36. The fourth-order valence-corrected chi connectivity index (χ4v) is 2.12. The fraction of sp³-hybridized carbons (Fsp3) is 0.133. The highest BCUT2D eigenvalue weighted by molar-refractivity contribution is 6.09. The number of benzene rings is 1. The van der Waals surface area contributed by atoms with Crippen LogP contribution in [0.3, 0.4) is 0 Å². The summed E-state index contributed by atoms with van der Waals surface area (Å²) in [5.41, 5.74) is 0.958. The molecule has 3 aromatic rings. The molecule has 0 spiro atoms. The molecule has 19 heavy (non-hydrogen) atoms. The van der Waals surface area contributed by atoms with Gasteiger partial charge in [-0.25, -0.2) is 4.39 Å². The number of hydrogen-bond acceptors (Lipinski definition) is 3. The lowest BCUT2D eigenvalue weighted by Gasteiger charge is -1.93. The molecule has 0 aliphatic carbocycles. The molecule has 0 N–H and O–H groups in total. The Morgan fingerprint density at radius 2 is 1.89 bits per heavy atom. The van der Waals surface area contributed by atoms with Crippen LogP contribution in [-0.4, -0.2) is 5.78 Å². The van der Waals surface area contributed by atoms with Gasteiger partial charge in [-0.3, -0.25) is 4.79 Å². The first-order valence-corrected chi connectivity index (χ1v) is 5.85. The van der Waals surface area contributed by atoms with E-state index < -0.39 is 0 Å². The SMILES string of the molecule is Cc1cc(C(=O)c2cc3cc(F)ccc3o2)c(C)o1. The zero-order valence-corrected chi connectivity index (χ0v) is 10.5. The monoisotopic (exact) mass is 258 g/mol. The van der Waals surface area contributed by atoms with E-state index in [-0.39, 0.29) is 17.4 Å². The Labute approximate surface area is 108 Å². The van der Waals surface area contributed by atoms with Crippen molar-refractivity contribution in [2.75, 3.05) is 0 Å². The molecule has 2 aromatic heterocycles. The van der Waals surface area contributed by atoms with E-state index in [4.69, 9.17) is 8.83 Å². The topological polar surface area (TPSA) is 43.4 Å². The number of aryl methyl sites for hydroxylation is 2. The number of furan rings is 2. The third kappa shape index (κ3) is 1.95. The summed E-state index contributed by atoms with van der Waals surface area (Å²) in [6, 6.07) is 7.36. The van der Waals surface area contributed by atoms with Gasteiger partial charge in [0.2, 0.25) is 5.78 Å². The van der Waals surface area contributed by atoms with Crippen molar-refractivity contribution in [2.24, 2.45) is 0 Å². The van der Waals surface area contributed by atoms with E-state index in [1.807, 2.05) is 0 Å². The van der Waals surface area contributed by atoms with Gasteiger partial charge in [0.05, 0.1) is 5.56 Å². The summed E-state index contributed by atoms with van der Waals surface area (Å²) >= 11 is 0. The molecular weight excluding hydrogens is 247 g/mol. The predicted molar refractivity (Wildman–Crippen MR) is 67.8 cm³/mol. The minimum absolute atomic E-state index is 0.185. The first kappa shape index (κ1) is 11.7. The smallest absolute Gasteiger partial charge is 0.231 e. The van der Waals surface area contributed by atoms with Crippen molar-refractivity contribution in [1.29, 1.82) is 0 Å². The van der Waals surface area contributed by atoms with Crippen LogP contribution in [0.1, 0.15) is 27.6 Å². The molecule has 0 aliphatic heterocycles. The molecule has 0 aliphatic rings. The molecule has 2 heterocycles. The highest BCUT2D eigenvalue weighted by atomic mass is 19.1. The maximum atomic E-state index is 13.1. The summed E-state index contributed by atoms with van der Waals surface area (Å²) in [5.74, 6) is 0.787. The second-order valence-corrected chi connectivity index (χ2v) is 4.45. The molecule has 96 valence electrons. The van der Waals surface area contributed by atoms with E-state index in [2.05, 4.69) is 0 Å². The quantitative estimate of drug-likeness (QED) is 0.652. The van der Waals surface area contributed by atoms with Gasteiger partial charge >= 0.3 is 0 Å². The van der Waals surface area contributed by atoms with Crippen molar-refractivity contribution in [3.8, 4) is 0 Å². The summed E-state index contributed by atoms with van der Waals surface area (Å²) in [7, 11) is 0. The lowest BCUT2D eigenvalue weighted by molar-refractivity contribution is 0.101. The van der Waals surface area contributed by atoms with Crippen molar-refractivity contribution in [3.05, 3.63) is 59.0 Å². The Kier molecular flexibility index (Phi) is 2.52. The Morgan fingerprint density at radius 1 is 1.11 bits per heavy atom. The minimum Gasteiger partial charge on any atom is -0.466 e. The zero-order chi connectivity index (χ0) is 13.6. The van der Waals surface area contributed by atoms with E-state index in [0.29, 0.717) is 28.1 Å². The van der Waals surface area contributed by atoms with Gasteiger partial charge in [0.1, 0.15) is 22.9 Å². The van der Waals surface area contributed by atoms with Gasteiger partial charge in [-0.15, -0.1) is 0 Å².